The summed E-state index contributed by atoms with van der Waals surface area (Å²) >= 11 is 9.78. The van der Waals surface area contributed by atoms with Crippen LogP contribution in [0.15, 0.2) is 188 Å². The SMILES string of the molecule is CC(C)(C)c1cc2c(O)c(c1)Sc1cc(C(C)(C)C)cc(c1OS(=O)(=O)C(F)(F)F)Sc1cc(C(C)(C)C)cc(c1O)Sc1cc(C(C)(C)C)cc(c1Nc1ccc(Nc3c4cc(C(C)(C)C)cc3Sc3cc(C(C)(C)C)cc(c3O)Sc3cc(C(C)(C)C)cc(c3OS(=O)(=O)C(F)(F)F)Sc3cc(C(C)(C)C)cc(c3O)S4)s1)S2. The first-order valence-electron chi connectivity index (χ1n) is 36.7. The number of nitrogens with one attached hydrogen (secondary N) is 2. The number of alkyl halides is 6. The first kappa shape index (κ1) is 89.9. The molecule has 115 heavy (non-hydrogen) atoms. The van der Waals surface area contributed by atoms with Gasteiger partial charge in [-0.2, -0.15) is 43.2 Å². The number of anilines is 4. The molecule has 29 heteroatoms. The fourth-order valence-corrected chi connectivity index (χ4v) is 22.8. The number of hydrogen-bond donors (Lipinski definition) is 6. The van der Waals surface area contributed by atoms with Gasteiger partial charge in [-0.15, -0.1) is 11.3 Å². The third kappa shape index (κ3) is 19.9. The molecule has 8 aromatic carbocycles. The second-order valence-electron chi connectivity index (χ2n) is 36.8. The average molecular weight is 1780 g/mol. The van der Waals surface area contributed by atoms with Crippen LogP contribution in [0.2, 0.25) is 0 Å². The van der Waals surface area contributed by atoms with Crippen LogP contribution in [0.4, 0.5) is 47.7 Å². The molecule has 0 aliphatic carbocycles. The standard InChI is InChI=1S/C86H96F6N2O10S11/c1-77(2,3)43-27-51-69(52(28-43)106-56-32-46(80(10,11)12)36-60(72(56)96)110-64-40-49(83(19,20)21)39-63(75(64)103-114(99,100)85(87,88)89)109-59-35-45(79(7,8)9)31-55(105-51)71(59)95)93-67-25-26-68(113-67)94-70-53-29-44(78(4,5)6)30-54(70)108-58-34-48(82(16,17)18)38-62(74(58)98)112-66-42-50(84(22,23)24)41-65(76(66)104-115(101,102)86(90,91)92)111-61-37-47(81(13,14)15)33-57(107-53)73(61)97/h25-42,93-98H,1-24H3. The largest absolute Gasteiger partial charge is 0.534 e. The van der Waals surface area contributed by atoms with Crippen molar-refractivity contribution in [1.82, 2.24) is 0 Å². The zero-order valence-electron chi connectivity index (χ0n) is 68.4. The van der Waals surface area contributed by atoms with Crippen LogP contribution in [0.3, 0.4) is 0 Å². The number of phenolic OH excluding ortho intramolecular Hbond substituents is 4. The second kappa shape index (κ2) is 31.3. The van der Waals surface area contributed by atoms with Crippen LogP contribution in [-0.2, 0) is 63.6 Å². The van der Waals surface area contributed by atoms with E-state index in [-0.39, 0.29) is 62.2 Å². The predicted molar refractivity (Wildman–Crippen MR) is 463 cm³/mol. The van der Waals surface area contributed by atoms with E-state index in [2.05, 4.69) is 52.2 Å². The maximum atomic E-state index is 14.7. The molecule has 2 aliphatic heterocycles. The van der Waals surface area contributed by atoms with Gasteiger partial charge in [0.15, 0.2) is 11.5 Å². The number of fused-ring (bicyclic) bond motifs is 16. The van der Waals surface area contributed by atoms with Crippen molar-refractivity contribution in [3.63, 3.8) is 0 Å². The molecule has 618 valence electrons. The van der Waals surface area contributed by atoms with Crippen LogP contribution in [0.25, 0.3) is 0 Å². The summed E-state index contributed by atoms with van der Waals surface area (Å²) in [6, 6.07) is 32.8. The van der Waals surface area contributed by atoms with Gasteiger partial charge in [-0.1, -0.05) is 260 Å². The summed E-state index contributed by atoms with van der Waals surface area (Å²) in [7, 11) is -12.6. The highest BCUT2D eigenvalue weighted by Gasteiger charge is 2.51. The van der Waals surface area contributed by atoms with Crippen LogP contribution in [-0.4, -0.2) is 48.3 Å². The van der Waals surface area contributed by atoms with Crippen molar-refractivity contribution < 1.29 is 72.0 Å². The van der Waals surface area contributed by atoms with Gasteiger partial charge in [0.25, 0.3) is 0 Å². The predicted octanol–water partition coefficient (Wildman–Crippen LogP) is 28.7. The van der Waals surface area contributed by atoms with Gasteiger partial charge < -0.3 is 39.4 Å². The summed E-state index contributed by atoms with van der Waals surface area (Å²) in [5.74, 6) is -2.26. The molecule has 0 atom stereocenters. The van der Waals surface area contributed by atoms with Crippen LogP contribution >= 0.6 is 105 Å². The Morgan fingerprint density at radius 1 is 0.261 bits per heavy atom. The molecule has 0 fully saturated rings. The van der Waals surface area contributed by atoms with Crippen LogP contribution in [0.1, 0.15) is 211 Å². The molecule has 0 unspecified atom stereocenters. The zero-order valence-corrected chi connectivity index (χ0v) is 77.4. The number of thiophene rings is 1. The molecular formula is C86H96F6N2O10S11. The van der Waals surface area contributed by atoms with Gasteiger partial charge in [-0.25, -0.2) is 0 Å². The van der Waals surface area contributed by atoms with Crippen molar-refractivity contribution in [3.8, 4) is 34.5 Å². The van der Waals surface area contributed by atoms with Gasteiger partial charge in [0.1, 0.15) is 23.0 Å². The Hall–Kier alpha value is -5.86. The molecule has 0 saturated carbocycles. The van der Waals surface area contributed by atoms with E-state index in [1.165, 1.54) is 58.4 Å². The van der Waals surface area contributed by atoms with Crippen molar-refractivity contribution in [2.24, 2.45) is 0 Å². The van der Waals surface area contributed by atoms with Gasteiger partial charge in [0.05, 0.1) is 80.1 Å². The van der Waals surface area contributed by atoms with Crippen molar-refractivity contribution in [1.29, 1.82) is 0 Å². The fraction of sp³-hybridized carbons (Fsp3) is 0.395. The molecule has 2 aliphatic rings. The van der Waals surface area contributed by atoms with Crippen LogP contribution < -0.4 is 19.0 Å². The molecule has 6 N–H and O–H groups in total. The molecule has 0 spiro atoms. The molecule has 9 aromatic rings. The third-order valence-electron chi connectivity index (χ3n) is 19.1. The maximum absolute atomic E-state index is 14.7. The molecule has 16 bridgehead atoms. The summed E-state index contributed by atoms with van der Waals surface area (Å²) < 4.78 is 152. The minimum atomic E-state index is -6.32. The lowest BCUT2D eigenvalue weighted by molar-refractivity contribution is -0.0506. The van der Waals surface area contributed by atoms with E-state index in [1.54, 1.807) is 48.5 Å². The Balaban J connectivity index is 1.15. The van der Waals surface area contributed by atoms with Crippen LogP contribution in [0, 0.1) is 0 Å². The maximum Gasteiger partial charge on any atom is 0.534 e. The lowest BCUT2D eigenvalue weighted by Gasteiger charge is -2.27. The number of halogens is 6. The highest BCUT2D eigenvalue weighted by molar-refractivity contribution is 8.02. The highest BCUT2D eigenvalue weighted by Crippen LogP contribution is 2.61. The molecule has 3 heterocycles. The molecule has 0 radical (unpaired) electrons. The molecule has 0 amide bonds. The number of rotatable bonds is 8. The Morgan fingerprint density at radius 2 is 0.409 bits per heavy atom. The van der Waals surface area contributed by atoms with E-state index < -0.39 is 86.1 Å². The van der Waals surface area contributed by atoms with E-state index >= 15 is 0 Å². The van der Waals surface area contributed by atoms with E-state index in [1.807, 2.05) is 185 Å². The molecule has 12 nitrogen and oxygen atoms in total. The highest BCUT2D eigenvalue weighted by atomic mass is 32.2. The van der Waals surface area contributed by atoms with Crippen LogP contribution in [0.5, 0.6) is 34.5 Å². The summed E-state index contributed by atoms with van der Waals surface area (Å²) in [4.78, 5) is 4.47. The molecule has 11 rings (SSSR count). The number of aromatic hydroxyl groups is 4. The van der Waals surface area contributed by atoms with Gasteiger partial charge in [-0.05, 0) is 197 Å². The summed E-state index contributed by atoms with van der Waals surface area (Å²) in [5.41, 5.74) is -9.47. The number of hydrogen-bond acceptors (Lipinski definition) is 21. The lowest BCUT2D eigenvalue weighted by Crippen LogP contribution is -2.28. The Bertz CT molecular complexity index is 5030. The van der Waals surface area contributed by atoms with Crippen molar-refractivity contribution >= 4 is 147 Å². The first-order valence-corrected chi connectivity index (χ1v) is 46.8. The normalized spacial score (nSPS) is 14.5. The Labute approximate surface area is 710 Å². The summed E-state index contributed by atoms with van der Waals surface area (Å²) in [5, 5.41) is 60.8. The number of benzene rings is 8. The third-order valence-corrected chi connectivity index (χ3v) is 30.4. The average Bonchev–Trinajstić information content (AvgIpc) is 1.21. The molecular weight excluding hydrogens is 1690 g/mol. The lowest BCUT2D eigenvalue weighted by atomic mass is 9.87. The van der Waals surface area contributed by atoms with E-state index in [0.717, 1.165) is 80.4 Å². The van der Waals surface area contributed by atoms with E-state index in [9.17, 15) is 63.6 Å². The minimum Gasteiger partial charge on any atom is -0.506 e. The number of phenols is 4. The van der Waals surface area contributed by atoms with Gasteiger partial charge in [-0.3, -0.25) is 0 Å². The van der Waals surface area contributed by atoms with Gasteiger partial charge >= 0.3 is 31.3 Å². The van der Waals surface area contributed by atoms with Crippen molar-refractivity contribution in [2.75, 3.05) is 10.6 Å². The van der Waals surface area contributed by atoms with Gasteiger partial charge in [0.2, 0.25) is 0 Å². The summed E-state index contributed by atoms with van der Waals surface area (Å²) in [6.07, 6.45) is 0. The van der Waals surface area contributed by atoms with E-state index in [4.69, 9.17) is 8.37 Å². The quantitative estimate of drug-likeness (QED) is 0.0478. The minimum absolute atomic E-state index is 0.0460. The summed E-state index contributed by atoms with van der Waals surface area (Å²) in [6.45, 7) is 47.8. The molecule has 0 saturated heterocycles. The molecule has 1 aromatic heterocycles. The monoisotopic (exact) mass is 1780 g/mol. The van der Waals surface area contributed by atoms with Gasteiger partial charge in [0, 0.05) is 19.6 Å². The second-order valence-corrected chi connectivity index (χ2v) is 49.6. The topological polar surface area (TPSA) is 192 Å². The Morgan fingerprint density at radius 3 is 0.565 bits per heavy atom. The zero-order chi connectivity index (χ0) is 85.6. The van der Waals surface area contributed by atoms with Crippen molar-refractivity contribution in [3.05, 3.63) is 154 Å². The van der Waals surface area contributed by atoms with Crippen molar-refractivity contribution in [2.45, 2.75) is 299 Å². The smallest absolute Gasteiger partial charge is 0.506 e. The Kier molecular flexibility index (Phi) is 24.5. The van der Waals surface area contributed by atoms with E-state index in [0.29, 0.717) is 71.7 Å². The first-order chi connectivity index (χ1) is 52.3. The fourth-order valence-electron chi connectivity index (χ4n) is 11.8.